The van der Waals surface area contributed by atoms with Gasteiger partial charge in [0, 0.05) is 37.8 Å². The summed E-state index contributed by atoms with van der Waals surface area (Å²) in [7, 11) is 0. The molecule has 20 heteroatoms. The minimum atomic E-state index is -1.67. The second kappa shape index (κ2) is 21.8. The van der Waals surface area contributed by atoms with Gasteiger partial charge in [-0.2, -0.15) is 0 Å². The first-order valence-corrected chi connectivity index (χ1v) is 19.1. The van der Waals surface area contributed by atoms with Crippen molar-refractivity contribution in [2.75, 3.05) is 32.9 Å². The van der Waals surface area contributed by atoms with Crippen molar-refractivity contribution in [3.8, 4) is 11.1 Å². The maximum atomic E-state index is 13.4. The number of hydrogen-bond donors (Lipinski definition) is 9. The Morgan fingerprint density at radius 2 is 1.58 bits per heavy atom. The summed E-state index contributed by atoms with van der Waals surface area (Å²) in [6.45, 7) is 1.02. The van der Waals surface area contributed by atoms with Gasteiger partial charge >= 0.3 is 17.9 Å². The van der Waals surface area contributed by atoms with Gasteiger partial charge in [-0.25, -0.2) is 0 Å². The van der Waals surface area contributed by atoms with Crippen molar-refractivity contribution < 1.29 is 57.7 Å². The van der Waals surface area contributed by atoms with Crippen molar-refractivity contribution in [1.82, 2.24) is 26.6 Å². The zero-order valence-corrected chi connectivity index (χ0v) is 32.9. The van der Waals surface area contributed by atoms with Crippen LogP contribution in [0.4, 0.5) is 0 Å². The molecule has 1 saturated heterocycles. The third-order valence-corrected chi connectivity index (χ3v) is 9.70. The van der Waals surface area contributed by atoms with E-state index in [1.54, 1.807) is 12.1 Å². The maximum absolute atomic E-state index is 13.4. The van der Waals surface area contributed by atoms with Gasteiger partial charge in [0.1, 0.15) is 36.1 Å². The number of aliphatic carboxylic acids is 2. The lowest BCUT2D eigenvalue weighted by Gasteiger charge is -2.35. The van der Waals surface area contributed by atoms with Crippen LogP contribution in [0, 0.1) is 5.41 Å². The van der Waals surface area contributed by atoms with Gasteiger partial charge in [-0.1, -0.05) is 42.5 Å². The molecular formula is C40H49N7O13. The summed E-state index contributed by atoms with van der Waals surface area (Å²) in [6, 6.07) is 11.9. The van der Waals surface area contributed by atoms with E-state index >= 15 is 0 Å². The summed E-state index contributed by atoms with van der Waals surface area (Å²) in [5.41, 5.74) is 6.13. The molecule has 0 radical (unpaired) electrons. The third kappa shape index (κ3) is 13.4. The second-order valence-electron chi connectivity index (χ2n) is 14.2. The summed E-state index contributed by atoms with van der Waals surface area (Å²) in [6.07, 6.45) is -0.674. The van der Waals surface area contributed by atoms with Crippen LogP contribution in [0.2, 0.25) is 0 Å². The number of nitrogens with one attached hydrogen (secondary N) is 6. The molecule has 2 aromatic carbocycles. The quantitative estimate of drug-likeness (QED) is 0.0301. The molecule has 0 unspecified atom stereocenters. The third-order valence-electron chi connectivity index (χ3n) is 9.70. The number of carboxylic acids is 2. The molecule has 1 aliphatic rings. The van der Waals surface area contributed by atoms with E-state index in [9.17, 15) is 43.5 Å². The minimum absolute atomic E-state index is 0.00538. The number of ether oxygens (including phenoxy) is 2. The number of hydrogen-bond acceptors (Lipinski definition) is 12. The standard InChI is InChI=1S/C40H49N7O13/c1-23(38(56)57)45-37(55)28(19-33(51)52)47-32(50)21-44-36(54)27(11-6-16-43-39(41)42)46-31(49)12-13-34(53)59-22-40(14-17-58-18-15-40)30-20-29(48)26-10-5-9-25(35(26)60-30)24-7-3-2-4-8-24/h2-5,7-10,20,23,27-28H,6,11-19,21-22H2,1H3,(H,44,54)(H,45,55)(H,46,49)(H,47,50)(H,51,52)(H,56,57)(H4,41,42,43)/t23-,27-,28-/m0/s1. The van der Waals surface area contributed by atoms with Crippen molar-refractivity contribution in [3.63, 3.8) is 0 Å². The van der Waals surface area contributed by atoms with Crippen molar-refractivity contribution in [3.05, 3.63) is 70.6 Å². The van der Waals surface area contributed by atoms with Crippen molar-refractivity contribution in [1.29, 1.82) is 5.41 Å². The average molecular weight is 836 g/mol. The fourth-order valence-electron chi connectivity index (χ4n) is 6.37. The van der Waals surface area contributed by atoms with Gasteiger partial charge < -0.3 is 56.4 Å². The summed E-state index contributed by atoms with van der Waals surface area (Å²) in [5, 5.41) is 37.5. The lowest BCUT2D eigenvalue weighted by atomic mass is 9.78. The van der Waals surface area contributed by atoms with E-state index in [1.165, 1.54) is 6.07 Å². The van der Waals surface area contributed by atoms with Crippen LogP contribution >= 0.6 is 0 Å². The molecule has 322 valence electrons. The Morgan fingerprint density at radius 1 is 0.883 bits per heavy atom. The number of carbonyl (C=O) groups is 7. The molecule has 3 aromatic rings. The number of guanidine groups is 1. The Morgan fingerprint density at radius 3 is 2.25 bits per heavy atom. The lowest BCUT2D eigenvalue weighted by molar-refractivity contribution is -0.148. The van der Waals surface area contributed by atoms with Gasteiger partial charge in [-0.3, -0.25) is 43.8 Å². The molecule has 0 bridgehead atoms. The van der Waals surface area contributed by atoms with E-state index in [1.807, 2.05) is 36.4 Å². The molecule has 20 nitrogen and oxygen atoms in total. The number of para-hydroxylation sites is 1. The normalized spacial score (nSPS) is 14.7. The Labute approximate surface area is 343 Å². The second-order valence-corrected chi connectivity index (χ2v) is 14.2. The fraction of sp³-hybridized carbons (Fsp3) is 0.425. The molecule has 1 fully saturated rings. The highest BCUT2D eigenvalue weighted by Crippen LogP contribution is 2.38. The molecule has 60 heavy (non-hydrogen) atoms. The summed E-state index contributed by atoms with van der Waals surface area (Å²) >= 11 is 0. The largest absolute Gasteiger partial charge is 0.481 e. The SMILES string of the molecule is C[C@H](NC(=O)[C@H](CC(=O)O)NC(=O)CNC(=O)[C@H](CCCNC(=N)N)NC(=O)CCC(=O)OCC1(c2cc(=O)c3cccc(-c4ccccc4)c3o2)CCOCC1)C(=O)O. The average Bonchev–Trinajstić information content (AvgIpc) is 3.22. The van der Waals surface area contributed by atoms with Gasteiger partial charge in [0.15, 0.2) is 11.4 Å². The number of esters is 1. The smallest absolute Gasteiger partial charge is 0.325 e. The van der Waals surface area contributed by atoms with Crippen LogP contribution in [0.25, 0.3) is 22.1 Å². The topological polar surface area (TPSA) is 319 Å². The maximum Gasteiger partial charge on any atom is 0.325 e. The minimum Gasteiger partial charge on any atom is -0.481 e. The number of carboxylic acid groups (broad SMARTS) is 2. The first-order chi connectivity index (χ1) is 28.6. The fourth-order valence-corrected chi connectivity index (χ4v) is 6.37. The van der Waals surface area contributed by atoms with Gasteiger partial charge in [-0.05, 0) is 44.2 Å². The number of carbonyl (C=O) groups excluding carboxylic acids is 5. The van der Waals surface area contributed by atoms with Gasteiger partial charge in [0.2, 0.25) is 23.6 Å². The number of fused-ring (bicyclic) bond motifs is 1. The van der Waals surface area contributed by atoms with Crippen LogP contribution in [0.15, 0.2) is 63.8 Å². The van der Waals surface area contributed by atoms with Crippen molar-refractivity contribution in [2.24, 2.45) is 5.73 Å². The monoisotopic (exact) mass is 835 g/mol. The van der Waals surface area contributed by atoms with Crippen LogP contribution in [0.3, 0.4) is 0 Å². The van der Waals surface area contributed by atoms with Crippen LogP contribution in [0.1, 0.15) is 57.6 Å². The first-order valence-electron chi connectivity index (χ1n) is 19.1. The van der Waals surface area contributed by atoms with E-state index < -0.39 is 84.5 Å². The molecule has 1 aliphatic heterocycles. The molecule has 4 rings (SSSR count). The molecule has 3 atom stereocenters. The molecule has 0 saturated carbocycles. The van der Waals surface area contributed by atoms with E-state index in [4.69, 9.17) is 30.1 Å². The number of nitrogens with two attached hydrogens (primary N) is 1. The zero-order chi connectivity index (χ0) is 43.8. The summed E-state index contributed by atoms with van der Waals surface area (Å²) in [4.78, 5) is 100. The van der Waals surface area contributed by atoms with E-state index in [2.05, 4.69) is 26.6 Å². The predicted molar refractivity (Wildman–Crippen MR) is 213 cm³/mol. The highest BCUT2D eigenvalue weighted by atomic mass is 16.5. The number of benzene rings is 2. The number of amides is 4. The van der Waals surface area contributed by atoms with Gasteiger partial charge in [0.25, 0.3) is 0 Å². The Kier molecular flexibility index (Phi) is 16.7. The van der Waals surface area contributed by atoms with Gasteiger partial charge in [0.05, 0.1) is 30.2 Å². The Bertz CT molecular complexity index is 2120. The van der Waals surface area contributed by atoms with Crippen LogP contribution in [0.5, 0.6) is 0 Å². The highest BCUT2D eigenvalue weighted by molar-refractivity contribution is 5.95. The van der Waals surface area contributed by atoms with Crippen LogP contribution < -0.4 is 37.7 Å². The number of rotatable bonds is 21. The Hall–Kier alpha value is -6.83. The zero-order valence-electron chi connectivity index (χ0n) is 32.9. The van der Waals surface area contributed by atoms with Crippen LogP contribution in [-0.2, 0) is 48.5 Å². The van der Waals surface area contributed by atoms with E-state index in [0.717, 1.165) is 18.1 Å². The lowest BCUT2D eigenvalue weighted by Crippen LogP contribution is -2.54. The first kappa shape index (κ1) is 45.9. The molecule has 1 aromatic heterocycles. The summed E-state index contributed by atoms with van der Waals surface area (Å²) < 4.78 is 17.7. The predicted octanol–water partition coefficient (Wildman–Crippen LogP) is 0.245. The van der Waals surface area contributed by atoms with E-state index in [0.29, 0.717) is 42.8 Å². The van der Waals surface area contributed by atoms with Crippen molar-refractivity contribution >= 4 is 58.5 Å². The van der Waals surface area contributed by atoms with Gasteiger partial charge in [-0.15, -0.1) is 0 Å². The molecule has 2 heterocycles. The highest BCUT2D eigenvalue weighted by Gasteiger charge is 2.39. The molecule has 0 aliphatic carbocycles. The van der Waals surface area contributed by atoms with Crippen molar-refractivity contribution in [2.45, 2.75) is 75.4 Å². The molecule has 4 amide bonds. The van der Waals surface area contributed by atoms with Crippen LogP contribution in [-0.4, -0.2) is 109 Å². The molecule has 0 spiro atoms. The Balaban J connectivity index is 1.38. The van der Waals surface area contributed by atoms with E-state index in [-0.39, 0.29) is 43.8 Å². The molecular weight excluding hydrogens is 786 g/mol. The molecule has 10 N–H and O–H groups in total. The summed E-state index contributed by atoms with van der Waals surface area (Å²) in [5.74, 6) is -7.18.